The molecule has 0 atom stereocenters. The molecule has 0 aliphatic heterocycles. The zero-order valence-electron chi connectivity index (χ0n) is 13.8. The first-order valence-electron chi connectivity index (χ1n) is 7.69. The number of rotatable bonds is 4. The number of benzene rings is 2. The van der Waals surface area contributed by atoms with Crippen LogP contribution in [0.4, 0.5) is 10.3 Å². The Kier molecular flexibility index (Phi) is 3.96. The second-order valence-corrected chi connectivity index (χ2v) is 9.52. The maximum atomic E-state index is 5.27. The molecule has 0 aliphatic rings. The zero-order valence-corrected chi connectivity index (χ0v) is 17.0. The van der Waals surface area contributed by atoms with Crippen molar-refractivity contribution in [3.63, 3.8) is 0 Å². The first kappa shape index (κ1) is 16.2. The van der Waals surface area contributed by atoms with Gasteiger partial charge in [-0.3, -0.25) is 0 Å². The van der Waals surface area contributed by atoms with E-state index >= 15 is 0 Å². The Hall–Kier alpha value is -1.94. The Labute approximate surface area is 165 Å². The average Bonchev–Trinajstić information content (AvgIpc) is 3.35. The van der Waals surface area contributed by atoms with Gasteiger partial charge < -0.3 is 10.1 Å². The number of thioether (sulfide) groups is 1. The molecule has 0 radical (unpaired) electrons. The van der Waals surface area contributed by atoms with E-state index in [0.717, 1.165) is 41.6 Å². The fraction of sp³-hybridized carbons (Fsp3) is 0.118. The van der Waals surface area contributed by atoms with Crippen molar-refractivity contribution in [2.75, 3.05) is 18.7 Å². The molecule has 0 saturated heterocycles. The number of nitrogens with one attached hydrogen (secondary N) is 1. The Morgan fingerprint density at radius 1 is 0.885 bits per heavy atom. The lowest BCUT2D eigenvalue weighted by Gasteiger charge is -1.96. The fourth-order valence-corrected chi connectivity index (χ4v) is 6.24. The summed E-state index contributed by atoms with van der Waals surface area (Å²) in [6, 6.07) is 10.00. The van der Waals surface area contributed by atoms with Crippen LogP contribution in [0.25, 0.3) is 30.6 Å². The minimum atomic E-state index is 0.812. The van der Waals surface area contributed by atoms with Crippen molar-refractivity contribution in [2.24, 2.45) is 0 Å². The summed E-state index contributed by atoms with van der Waals surface area (Å²) in [6.07, 6.45) is 2.05. The van der Waals surface area contributed by atoms with Gasteiger partial charge in [-0.25, -0.2) is 15.0 Å². The SMILES string of the molecule is COc1ccc2sc(Nc3nc4ccc5nc(SC)sc5c4s3)nc2c1. The van der Waals surface area contributed by atoms with Gasteiger partial charge in [0, 0.05) is 6.07 Å². The van der Waals surface area contributed by atoms with Gasteiger partial charge in [0.2, 0.25) is 0 Å². The van der Waals surface area contributed by atoms with Gasteiger partial charge >= 0.3 is 0 Å². The van der Waals surface area contributed by atoms with Crippen LogP contribution in [0, 0.1) is 0 Å². The molecule has 3 aromatic heterocycles. The van der Waals surface area contributed by atoms with E-state index in [0.29, 0.717) is 0 Å². The largest absolute Gasteiger partial charge is 0.497 e. The summed E-state index contributed by atoms with van der Waals surface area (Å²) in [6.45, 7) is 0. The van der Waals surface area contributed by atoms with Crippen molar-refractivity contribution in [1.82, 2.24) is 15.0 Å². The van der Waals surface area contributed by atoms with Crippen molar-refractivity contribution in [3.05, 3.63) is 30.3 Å². The van der Waals surface area contributed by atoms with Crippen molar-refractivity contribution in [3.8, 4) is 5.75 Å². The molecule has 9 heteroatoms. The maximum Gasteiger partial charge on any atom is 0.190 e. The molecule has 5 rings (SSSR count). The molecular weight excluding hydrogens is 404 g/mol. The first-order valence-corrected chi connectivity index (χ1v) is 11.4. The number of thiazole rings is 3. The van der Waals surface area contributed by atoms with Crippen LogP contribution in [0.15, 0.2) is 34.7 Å². The molecule has 2 aromatic carbocycles. The minimum Gasteiger partial charge on any atom is -0.497 e. The van der Waals surface area contributed by atoms with Crippen LogP contribution in [-0.2, 0) is 0 Å². The topological polar surface area (TPSA) is 59.9 Å². The van der Waals surface area contributed by atoms with Crippen molar-refractivity contribution in [2.45, 2.75) is 4.34 Å². The van der Waals surface area contributed by atoms with Crippen LogP contribution >= 0.6 is 45.8 Å². The molecule has 130 valence electrons. The van der Waals surface area contributed by atoms with Crippen LogP contribution in [-0.4, -0.2) is 28.3 Å². The van der Waals surface area contributed by atoms with Crippen LogP contribution in [0.5, 0.6) is 5.75 Å². The normalized spacial score (nSPS) is 11.6. The van der Waals surface area contributed by atoms with Gasteiger partial charge in [0.05, 0.1) is 37.8 Å². The molecule has 0 amide bonds. The zero-order chi connectivity index (χ0) is 17.7. The van der Waals surface area contributed by atoms with Crippen molar-refractivity contribution >= 4 is 86.7 Å². The first-order chi connectivity index (χ1) is 12.7. The molecule has 26 heavy (non-hydrogen) atoms. The maximum absolute atomic E-state index is 5.27. The standard InChI is InChI=1S/C17H12N4OS4/c1-22-8-3-6-12-11(7-8)19-15(24-12)21-16-18-9-4-5-10-14(13(9)25-16)26-17(20-10)23-2/h3-7H,1-2H3,(H,18,19,21). The quantitative estimate of drug-likeness (QED) is 0.363. The third-order valence-electron chi connectivity index (χ3n) is 3.88. The molecule has 5 aromatic rings. The summed E-state index contributed by atoms with van der Waals surface area (Å²) in [5.74, 6) is 0.812. The van der Waals surface area contributed by atoms with E-state index in [1.165, 1.54) is 9.40 Å². The number of hydrogen-bond acceptors (Lipinski definition) is 9. The van der Waals surface area contributed by atoms with Crippen LogP contribution in [0.3, 0.4) is 0 Å². The molecule has 0 unspecified atom stereocenters. The highest BCUT2D eigenvalue weighted by atomic mass is 32.2. The Balaban J connectivity index is 1.54. The van der Waals surface area contributed by atoms with E-state index < -0.39 is 0 Å². The van der Waals surface area contributed by atoms with E-state index in [-0.39, 0.29) is 0 Å². The van der Waals surface area contributed by atoms with E-state index in [9.17, 15) is 0 Å². The molecule has 0 saturated carbocycles. The number of ether oxygens (including phenoxy) is 1. The molecule has 5 nitrogen and oxygen atoms in total. The molecule has 3 heterocycles. The molecule has 0 spiro atoms. The number of anilines is 2. The summed E-state index contributed by atoms with van der Waals surface area (Å²) in [5.41, 5.74) is 2.95. The van der Waals surface area contributed by atoms with Gasteiger partial charge in [0.25, 0.3) is 0 Å². The average molecular weight is 417 g/mol. The van der Waals surface area contributed by atoms with Gasteiger partial charge in [0.1, 0.15) is 5.75 Å². The minimum absolute atomic E-state index is 0.812. The fourth-order valence-electron chi connectivity index (χ4n) is 2.67. The second-order valence-electron chi connectivity index (χ2n) is 5.44. The van der Waals surface area contributed by atoms with Gasteiger partial charge in [-0.05, 0) is 30.5 Å². The Bertz CT molecular complexity index is 1260. The summed E-state index contributed by atoms with van der Waals surface area (Å²) in [4.78, 5) is 14.0. The van der Waals surface area contributed by atoms with E-state index in [1.54, 1.807) is 52.9 Å². The second kappa shape index (κ2) is 6.34. The van der Waals surface area contributed by atoms with Gasteiger partial charge in [-0.15, -0.1) is 11.3 Å². The third-order valence-corrected chi connectivity index (χ3v) is 8.03. The Morgan fingerprint density at radius 2 is 1.62 bits per heavy atom. The van der Waals surface area contributed by atoms with Crippen LogP contribution in [0.1, 0.15) is 0 Å². The van der Waals surface area contributed by atoms with Gasteiger partial charge in [0.15, 0.2) is 14.6 Å². The van der Waals surface area contributed by atoms with Crippen molar-refractivity contribution in [1.29, 1.82) is 0 Å². The summed E-state index contributed by atoms with van der Waals surface area (Å²) >= 11 is 6.65. The summed E-state index contributed by atoms with van der Waals surface area (Å²) in [5, 5.41) is 5.03. The monoisotopic (exact) mass is 416 g/mol. The lowest BCUT2D eigenvalue weighted by atomic mass is 10.3. The summed E-state index contributed by atoms with van der Waals surface area (Å²) in [7, 11) is 1.66. The van der Waals surface area contributed by atoms with Gasteiger partial charge in [-0.1, -0.05) is 34.4 Å². The number of fused-ring (bicyclic) bond motifs is 4. The lowest BCUT2D eigenvalue weighted by molar-refractivity contribution is 0.415. The highest BCUT2D eigenvalue weighted by molar-refractivity contribution is 8.00. The molecule has 0 aliphatic carbocycles. The van der Waals surface area contributed by atoms with E-state index in [2.05, 4.69) is 21.5 Å². The molecular formula is C17H12N4OS4. The Morgan fingerprint density at radius 3 is 2.42 bits per heavy atom. The predicted molar refractivity (Wildman–Crippen MR) is 114 cm³/mol. The highest BCUT2D eigenvalue weighted by Crippen LogP contribution is 2.39. The number of hydrogen-bond donors (Lipinski definition) is 1. The molecule has 0 bridgehead atoms. The predicted octanol–water partition coefficient (Wildman–Crippen LogP) is 5.99. The van der Waals surface area contributed by atoms with Crippen LogP contribution in [0.2, 0.25) is 0 Å². The third kappa shape index (κ3) is 2.71. The van der Waals surface area contributed by atoms with Crippen molar-refractivity contribution < 1.29 is 4.74 Å². The molecule has 1 N–H and O–H groups in total. The smallest absolute Gasteiger partial charge is 0.190 e. The lowest BCUT2D eigenvalue weighted by Crippen LogP contribution is -1.87. The number of nitrogens with zero attached hydrogens (tertiary/aromatic N) is 3. The number of aromatic nitrogens is 3. The highest BCUT2D eigenvalue weighted by Gasteiger charge is 2.13. The van der Waals surface area contributed by atoms with Crippen LogP contribution < -0.4 is 10.1 Å². The summed E-state index contributed by atoms with van der Waals surface area (Å²) < 4.78 is 9.84. The number of methoxy groups -OCH3 is 1. The molecule has 0 fully saturated rings. The van der Waals surface area contributed by atoms with E-state index in [1.807, 2.05) is 30.3 Å². The van der Waals surface area contributed by atoms with Gasteiger partial charge in [-0.2, -0.15) is 0 Å². The van der Waals surface area contributed by atoms with E-state index in [4.69, 9.17) is 9.72 Å².